The molecule has 1 aromatic carbocycles. The van der Waals surface area contributed by atoms with Gasteiger partial charge >= 0.3 is 18.3 Å². The molecule has 44 heavy (non-hydrogen) atoms. The molecular formula is C28H25ClF3N9O3. The molecule has 1 aliphatic carbocycles. The van der Waals surface area contributed by atoms with E-state index in [1.165, 1.54) is 12.5 Å². The zero-order chi connectivity index (χ0) is 30.4. The minimum atomic E-state index is -4.44. The molecule has 6 heterocycles. The van der Waals surface area contributed by atoms with E-state index < -0.39 is 35.4 Å². The highest BCUT2D eigenvalue weighted by atomic mass is 35.5. The second-order valence-corrected chi connectivity index (χ2v) is 12.2. The Kier molecular flexibility index (Phi) is 5.74. The first-order valence-electron chi connectivity index (χ1n) is 14.2. The molecule has 1 unspecified atom stereocenters. The lowest BCUT2D eigenvalue weighted by molar-refractivity contribution is -0.162. The molecule has 4 aromatic rings. The summed E-state index contributed by atoms with van der Waals surface area (Å²) in [4.78, 5) is 40.3. The van der Waals surface area contributed by atoms with Crippen molar-refractivity contribution in [3.8, 4) is 0 Å². The number of benzene rings is 1. The first kappa shape index (κ1) is 27.2. The third-order valence-electron chi connectivity index (χ3n) is 9.48. The molecule has 0 bridgehead atoms. The number of anilines is 1. The molecule has 228 valence electrons. The van der Waals surface area contributed by atoms with E-state index in [9.17, 15) is 22.8 Å². The summed E-state index contributed by atoms with van der Waals surface area (Å²) < 4.78 is 50.2. The Hall–Kier alpha value is -4.40. The molecule has 1 spiro atoms. The van der Waals surface area contributed by atoms with Gasteiger partial charge < -0.3 is 19.5 Å². The Morgan fingerprint density at radius 1 is 1.14 bits per heavy atom. The summed E-state index contributed by atoms with van der Waals surface area (Å²) in [6.45, 7) is 0.648. The van der Waals surface area contributed by atoms with Crippen molar-refractivity contribution >= 4 is 40.4 Å². The maximum absolute atomic E-state index is 14.3. The minimum absolute atomic E-state index is 0.0168. The number of H-pyrrole nitrogens is 1. The number of hydrogen-bond donors (Lipinski definition) is 3. The van der Waals surface area contributed by atoms with Gasteiger partial charge in [-0.25, -0.2) is 24.5 Å². The fourth-order valence-corrected chi connectivity index (χ4v) is 7.24. The number of alkyl halides is 3. The smallest absolute Gasteiger partial charge is 0.413 e. The summed E-state index contributed by atoms with van der Waals surface area (Å²) in [7, 11) is 0. The van der Waals surface area contributed by atoms with E-state index in [1.807, 2.05) is 0 Å². The number of piperidine rings is 1. The Bertz CT molecular complexity index is 1840. The van der Waals surface area contributed by atoms with E-state index in [0.717, 1.165) is 11.1 Å². The topological polar surface area (TPSA) is 143 Å². The predicted molar refractivity (Wildman–Crippen MR) is 149 cm³/mol. The highest BCUT2D eigenvalue weighted by Gasteiger charge is 2.66. The number of amides is 3. The highest BCUT2D eigenvalue weighted by molar-refractivity contribution is 6.35. The molecule has 16 heteroatoms. The van der Waals surface area contributed by atoms with Crippen LogP contribution in [-0.2, 0) is 28.7 Å². The number of fused-ring (bicyclic) bond motifs is 6. The first-order valence-corrected chi connectivity index (χ1v) is 14.6. The molecule has 2 fully saturated rings. The average molecular weight is 628 g/mol. The normalized spacial score (nSPS) is 21.5. The molecule has 1 atom stereocenters. The Labute approximate surface area is 252 Å². The van der Waals surface area contributed by atoms with Crippen molar-refractivity contribution < 1.29 is 27.5 Å². The maximum atomic E-state index is 14.3. The van der Waals surface area contributed by atoms with Crippen molar-refractivity contribution in [1.82, 2.24) is 39.9 Å². The van der Waals surface area contributed by atoms with Gasteiger partial charge in [0.15, 0.2) is 0 Å². The molecule has 0 radical (unpaired) electrons. The second-order valence-electron chi connectivity index (χ2n) is 11.8. The minimum Gasteiger partial charge on any atom is -0.437 e. The molecule has 3 amide bonds. The van der Waals surface area contributed by atoms with Gasteiger partial charge in [-0.3, -0.25) is 10.4 Å². The lowest BCUT2D eigenvalue weighted by Gasteiger charge is -2.43. The Balaban J connectivity index is 1.11. The largest absolute Gasteiger partial charge is 0.437 e. The van der Waals surface area contributed by atoms with Crippen LogP contribution in [0.2, 0.25) is 5.02 Å². The molecule has 4 aliphatic rings. The summed E-state index contributed by atoms with van der Waals surface area (Å²) in [5.74, 6) is 0.728. The van der Waals surface area contributed by atoms with Crippen molar-refractivity contribution in [2.24, 2.45) is 0 Å². The number of urea groups is 1. The van der Waals surface area contributed by atoms with E-state index in [0.29, 0.717) is 46.0 Å². The van der Waals surface area contributed by atoms with Crippen LogP contribution in [0.25, 0.3) is 10.9 Å². The molecule has 3 aliphatic heterocycles. The quantitative estimate of drug-likeness (QED) is 0.292. The fourth-order valence-electron chi connectivity index (χ4n) is 6.96. The van der Waals surface area contributed by atoms with Crippen molar-refractivity contribution in [1.29, 1.82) is 0 Å². The summed E-state index contributed by atoms with van der Waals surface area (Å²) in [6.07, 6.45) is 1.69. The number of likely N-dealkylation sites (tertiary alicyclic amines) is 1. The summed E-state index contributed by atoms with van der Waals surface area (Å²) in [5, 5.41) is 13.8. The molecule has 3 N–H and O–H groups in total. The average Bonchev–Trinajstić information content (AvgIpc) is 3.52. The van der Waals surface area contributed by atoms with Gasteiger partial charge in [-0.05, 0) is 30.0 Å². The molecular weight excluding hydrogens is 603 g/mol. The van der Waals surface area contributed by atoms with Crippen LogP contribution < -0.4 is 10.6 Å². The zero-order valence-electron chi connectivity index (χ0n) is 23.0. The molecule has 3 aromatic heterocycles. The zero-order valence-corrected chi connectivity index (χ0v) is 23.8. The van der Waals surface area contributed by atoms with Crippen LogP contribution in [0.3, 0.4) is 0 Å². The van der Waals surface area contributed by atoms with Crippen LogP contribution in [0.4, 0.5) is 28.6 Å². The van der Waals surface area contributed by atoms with Crippen molar-refractivity contribution in [3.63, 3.8) is 0 Å². The van der Waals surface area contributed by atoms with Crippen LogP contribution in [0.5, 0.6) is 0 Å². The number of nitrogens with zero attached hydrogens (tertiary/aromatic N) is 6. The van der Waals surface area contributed by atoms with Gasteiger partial charge in [0, 0.05) is 50.1 Å². The lowest BCUT2D eigenvalue weighted by Crippen LogP contribution is -2.52. The van der Waals surface area contributed by atoms with Gasteiger partial charge in [-0.1, -0.05) is 11.6 Å². The van der Waals surface area contributed by atoms with Crippen molar-refractivity contribution in [2.45, 2.75) is 61.9 Å². The van der Waals surface area contributed by atoms with Crippen LogP contribution in [-0.4, -0.2) is 66.0 Å². The summed E-state index contributed by atoms with van der Waals surface area (Å²) in [5.41, 5.74) is -0.0263. The Morgan fingerprint density at radius 2 is 1.93 bits per heavy atom. The molecule has 12 nitrogen and oxygen atoms in total. The molecule has 8 rings (SSSR count). The summed E-state index contributed by atoms with van der Waals surface area (Å²) in [6, 6.07) is 0.639. The number of hydrogen-bond acceptors (Lipinski definition) is 7. The van der Waals surface area contributed by atoms with Gasteiger partial charge in [-0.2, -0.15) is 18.3 Å². The lowest BCUT2D eigenvalue weighted by atomic mass is 9.84. The predicted octanol–water partition coefficient (Wildman–Crippen LogP) is 4.71. The van der Waals surface area contributed by atoms with E-state index in [4.69, 9.17) is 16.3 Å². The maximum Gasteiger partial charge on any atom is 0.413 e. The van der Waals surface area contributed by atoms with Gasteiger partial charge in [0.25, 0.3) is 0 Å². The highest BCUT2D eigenvalue weighted by Crippen LogP contribution is 2.59. The number of ether oxygens (including phenoxy) is 1. The number of halogens is 4. The van der Waals surface area contributed by atoms with Crippen LogP contribution in [0.15, 0.2) is 31.0 Å². The van der Waals surface area contributed by atoms with Gasteiger partial charge in [0.2, 0.25) is 0 Å². The van der Waals surface area contributed by atoms with E-state index >= 15 is 0 Å². The van der Waals surface area contributed by atoms with Crippen molar-refractivity contribution in [2.75, 3.05) is 18.4 Å². The van der Waals surface area contributed by atoms with Gasteiger partial charge in [0.1, 0.15) is 29.0 Å². The number of carbonyl (C=O) groups is 2. The van der Waals surface area contributed by atoms with E-state index in [2.05, 4.69) is 35.8 Å². The van der Waals surface area contributed by atoms with Crippen LogP contribution in [0, 0.1) is 0 Å². The van der Waals surface area contributed by atoms with Gasteiger partial charge in [-0.15, -0.1) is 0 Å². The summed E-state index contributed by atoms with van der Waals surface area (Å²) >= 11 is 6.55. The third-order valence-corrected chi connectivity index (χ3v) is 9.78. The number of carbonyl (C=O) groups excluding carboxylic acids is 2. The number of rotatable bonds is 2. The van der Waals surface area contributed by atoms with E-state index in [1.54, 1.807) is 27.9 Å². The Morgan fingerprint density at radius 3 is 2.68 bits per heavy atom. The number of aromatic nitrogens is 6. The van der Waals surface area contributed by atoms with Crippen molar-refractivity contribution in [3.05, 3.63) is 64.2 Å². The monoisotopic (exact) mass is 627 g/mol. The fraction of sp³-hybridized carbons (Fsp3) is 0.429. The number of imidazole rings is 1. The second kappa shape index (κ2) is 9.30. The number of aromatic amines is 1. The van der Waals surface area contributed by atoms with Crippen LogP contribution in [0.1, 0.15) is 59.9 Å². The van der Waals surface area contributed by atoms with Gasteiger partial charge in [0.05, 0.1) is 40.6 Å². The standard InChI is InChI=1S/C28H25ClF3N9O3/c29-18-7-14-8-19(37-24(42)40-5-3-27(4-6-40)17-10-33-13-35-22(17)38-25(43)44-27)23-34-11-20(26(1-2-26)28(30,31)32)41(23)12-16(14)15-9-36-39-21(15)18/h7,9-11,13,19H,1-6,8,12H2,(H,36,39)(H,37,42)(H,33,35,38,43). The first-order chi connectivity index (χ1) is 21.1. The third kappa shape index (κ3) is 3.97. The number of nitrogens with one attached hydrogen (secondary N) is 3. The SMILES string of the molecule is O=C1Nc2ncncc2C2(CCN(C(=O)NC3Cc4cc(Cl)c5[nH]ncc5c4Cn4c(C5(C(F)(F)F)CC5)cnc43)CC2)O1. The van der Waals surface area contributed by atoms with Crippen LogP contribution >= 0.6 is 11.6 Å². The molecule has 1 saturated carbocycles. The molecule has 1 saturated heterocycles. The van der Waals surface area contributed by atoms with E-state index in [-0.39, 0.29) is 44.6 Å².